The largest absolute Gasteiger partial charge is 0.366 e. The number of hydrogen-bond acceptors (Lipinski definition) is 2. The first-order valence-electron chi connectivity index (χ1n) is 3.99. The van der Waals surface area contributed by atoms with Gasteiger partial charge >= 0.3 is 0 Å². The minimum absolute atomic E-state index is 0.0471. The van der Waals surface area contributed by atoms with E-state index in [2.05, 4.69) is 4.98 Å². The summed E-state index contributed by atoms with van der Waals surface area (Å²) in [6.45, 7) is 2.91. The fourth-order valence-corrected chi connectivity index (χ4v) is 1.31. The first-order chi connectivity index (χ1) is 6.45. The van der Waals surface area contributed by atoms with E-state index in [1.54, 1.807) is 0 Å². The van der Waals surface area contributed by atoms with Crippen molar-refractivity contribution in [2.75, 3.05) is 0 Å². The molecule has 0 radical (unpaired) electrons. The van der Waals surface area contributed by atoms with E-state index in [9.17, 15) is 13.6 Å². The molecule has 0 fully saturated rings. The summed E-state index contributed by atoms with van der Waals surface area (Å²) in [7, 11) is 0. The Bertz CT molecular complexity index is 377. The Morgan fingerprint density at radius 3 is 2.50 bits per heavy atom. The molecule has 0 aliphatic heterocycles. The Morgan fingerprint density at radius 1 is 1.50 bits per heavy atom. The topological polar surface area (TPSA) is 56.0 Å². The van der Waals surface area contributed by atoms with Crippen LogP contribution in [0, 0.1) is 13.8 Å². The highest BCUT2D eigenvalue weighted by molar-refractivity contribution is 5.94. The molecule has 0 unspecified atom stereocenters. The molecule has 1 aromatic heterocycles. The Morgan fingerprint density at radius 2 is 2.07 bits per heavy atom. The number of carbonyl (C=O) groups excluding carboxylic acids is 1. The number of carbonyl (C=O) groups is 1. The summed E-state index contributed by atoms with van der Waals surface area (Å²) >= 11 is 0. The molecular weight excluding hydrogens is 190 g/mol. The van der Waals surface area contributed by atoms with Crippen LogP contribution in [0.4, 0.5) is 8.78 Å². The summed E-state index contributed by atoms with van der Waals surface area (Å²) in [6, 6.07) is 0. The molecule has 3 nitrogen and oxygen atoms in total. The first-order valence-corrected chi connectivity index (χ1v) is 3.99. The van der Waals surface area contributed by atoms with E-state index >= 15 is 0 Å². The average Bonchev–Trinajstić information content (AvgIpc) is 2.02. The van der Waals surface area contributed by atoms with Gasteiger partial charge in [0.1, 0.15) is 0 Å². The predicted molar refractivity (Wildman–Crippen MR) is 47.2 cm³/mol. The minimum Gasteiger partial charge on any atom is -0.366 e. The molecule has 0 bridgehead atoms. The molecule has 2 N–H and O–H groups in total. The zero-order valence-electron chi connectivity index (χ0n) is 7.84. The highest BCUT2D eigenvalue weighted by atomic mass is 19.3. The minimum atomic E-state index is -2.64. The zero-order chi connectivity index (χ0) is 10.9. The predicted octanol–water partition coefficient (Wildman–Crippen LogP) is 1.73. The van der Waals surface area contributed by atoms with Gasteiger partial charge in [0.2, 0.25) is 0 Å². The standard InChI is InChI=1S/C9H10F2N2O/c1-4-6(9(12)14)3-13-5(2)7(4)8(10)11/h3,8H,1-2H3,(H2,12,14). The molecule has 0 atom stereocenters. The van der Waals surface area contributed by atoms with Gasteiger partial charge in [-0.3, -0.25) is 9.78 Å². The summed E-state index contributed by atoms with van der Waals surface area (Å²) in [6.07, 6.45) is -1.42. The van der Waals surface area contributed by atoms with Crippen LogP contribution in [0.5, 0.6) is 0 Å². The van der Waals surface area contributed by atoms with Crippen LogP contribution in [0.15, 0.2) is 6.20 Å². The van der Waals surface area contributed by atoms with Crippen LogP contribution in [-0.2, 0) is 0 Å². The van der Waals surface area contributed by atoms with Crippen molar-refractivity contribution in [1.29, 1.82) is 0 Å². The fraction of sp³-hybridized carbons (Fsp3) is 0.333. The third-order valence-corrected chi connectivity index (χ3v) is 2.07. The van der Waals surface area contributed by atoms with Crippen LogP contribution in [0.1, 0.15) is 33.6 Å². The number of aromatic nitrogens is 1. The number of rotatable bonds is 2. The Hall–Kier alpha value is -1.52. The highest BCUT2D eigenvalue weighted by Crippen LogP contribution is 2.26. The van der Waals surface area contributed by atoms with Gasteiger partial charge < -0.3 is 5.73 Å². The highest BCUT2D eigenvalue weighted by Gasteiger charge is 2.19. The third-order valence-electron chi connectivity index (χ3n) is 2.07. The van der Waals surface area contributed by atoms with Crippen LogP contribution in [0.2, 0.25) is 0 Å². The Kier molecular flexibility index (Phi) is 2.78. The summed E-state index contributed by atoms with van der Waals surface area (Å²) in [4.78, 5) is 14.5. The number of hydrogen-bond donors (Lipinski definition) is 1. The number of primary amides is 1. The van der Waals surface area contributed by atoms with E-state index in [0.29, 0.717) is 0 Å². The van der Waals surface area contributed by atoms with E-state index in [-0.39, 0.29) is 22.4 Å². The molecule has 1 amide bonds. The normalized spacial score (nSPS) is 10.6. The average molecular weight is 200 g/mol. The van der Waals surface area contributed by atoms with Gasteiger partial charge in [0.05, 0.1) is 5.56 Å². The van der Waals surface area contributed by atoms with Gasteiger partial charge in [-0.2, -0.15) is 0 Å². The van der Waals surface area contributed by atoms with Crippen molar-refractivity contribution in [2.45, 2.75) is 20.3 Å². The van der Waals surface area contributed by atoms with E-state index in [0.717, 1.165) is 0 Å². The van der Waals surface area contributed by atoms with Gasteiger partial charge in [-0.05, 0) is 19.4 Å². The van der Waals surface area contributed by atoms with E-state index in [4.69, 9.17) is 5.73 Å². The second-order valence-corrected chi connectivity index (χ2v) is 2.96. The number of aryl methyl sites for hydroxylation is 1. The van der Waals surface area contributed by atoms with Crippen molar-refractivity contribution in [3.8, 4) is 0 Å². The van der Waals surface area contributed by atoms with Crippen LogP contribution in [0.25, 0.3) is 0 Å². The van der Waals surface area contributed by atoms with Gasteiger partial charge in [0.15, 0.2) is 0 Å². The molecule has 0 saturated carbocycles. The van der Waals surface area contributed by atoms with Gasteiger partial charge in [-0.15, -0.1) is 0 Å². The number of amides is 1. The third kappa shape index (κ3) is 1.71. The van der Waals surface area contributed by atoms with Gasteiger partial charge in [-0.25, -0.2) is 8.78 Å². The molecule has 1 rings (SSSR count). The number of pyridine rings is 1. The SMILES string of the molecule is Cc1ncc(C(N)=O)c(C)c1C(F)F. The second-order valence-electron chi connectivity index (χ2n) is 2.96. The lowest BCUT2D eigenvalue weighted by atomic mass is 10.0. The second kappa shape index (κ2) is 3.69. The molecule has 0 aliphatic carbocycles. The lowest BCUT2D eigenvalue weighted by Gasteiger charge is -2.10. The van der Waals surface area contributed by atoms with Crippen molar-refractivity contribution in [1.82, 2.24) is 4.98 Å². The van der Waals surface area contributed by atoms with Crippen LogP contribution >= 0.6 is 0 Å². The first kappa shape index (κ1) is 10.6. The lowest BCUT2D eigenvalue weighted by Crippen LogP contribution is -2.15. The molecule has 5 heteroatoms. The number of halogens is 2. The molecule has 76 valence electrons. The number of alkyl halides is 2. The summed E-state index contributed by atoms with van der Waals surface area (Å²) in [5, 5.41) is 0. The smallest absolute Gasteiger partial charge is 0.265 e. The Labute approximate surface area is 79.9 Å². The lowest BCUT2D eigenvalue weighted by molar-refractivity contribution is 0.0998. The molecule has 0 aromatic carbocycles. The van der Waals surface area contributed by atoms with Gasteiger partial charge in [0.25, 0.3) is 12.3 Å². The molecule has 0 spiro atoms. The van der Waals surface area contributed by atoms with Crippen molar-refractivity contribution < 1.29 is 13.6 Å². The zero-order valence-corrected chi connectivity index (χ0v) is 7.84. The summed E-state index contributed by atoms with van der Waals surface area (Å²) < 4.78 is 25.1. The quantitative estimate of drug-likeness (QED) is 0.790. The molecular formula is C9H10F2N2O. The van der Waals surface area contributed by atoms with Crippen molar-refractivity contribution in [3.63, 3.8) is 0 Å². The molecule has 14 heavy (non-hydrogen) atoms. The maximum absolute atomic E-state index is 12.5. The number of nitrogens with two attached hydrogens (primary N) is 1. The van der Waals surface area contributed by atoms with Crippen LogP contribution in [0.3, 0.4) is 0 Å². The molecule has 0 saturated heterocycles. The number of nitrogens with zero attached hydrogens (tertiary/aromatic N) is 1. The molecule has 1 heterocycles. The maximum atomic E-state index is 12.5. The summed E-state index contributed by atoms with van der Waals surface area (Å²) in [5.74, 6) is -0.739. The Balaban J connectivity index is 3.41. The van der Waals surface area contributed by atoms with Crippen molar-refractivity contribution in [3.05, 3.63) is 28.6 Å². The fourth-order valence-electron chi connectivity index (χ4n) is 1.31. The van der Waals surface area contributed by atoms with Crippen LogP contribution in [-0.4, -0.2) is 10.9 Å². The van der Waals surface area contributed by atoms with Gasteiger partial charge in [-0.1, -0.05) is 0 Å². The summed E-state index contributed by atoms with van der Waals surface area (Å²) in [5.41, 5.74) is 5.28. The van der Waals surface area contributed by atoms with E-state index < -0.39 is 12.3 Å². The van der Waals surface area contributed by atoms with Crippen molar-refractivity contribution >= 4 is 5.91 Å². The van der Waals surface area contributed by atoms with Gasteiger partial charge in [0, 0.05) is 17.5 Å². The van der Waals surface area contributed by atoms with Crippen molar-refractivity contribution in [2.24, 2.45) is 5.73 Å². The van der Waals surface area contributed by atoms with E-state index in [1.807, 2.05) is 0 Å². The van der Waals surface area contributed by atoms with Crippen LogP contribution < -0.4 is 5.73 Å². The molecule has 0 aliphatic rings. The molecule has 1 aromatic rings. The van der Waals surface area contributed by atoms with E-state index in [1.165, 1.54) is 20.0 Å². The maximum Gasteiger partial charge on any atom is 0.265 e. The monoisotopic (exact) mass is 200 g/mol.